The molecule has 0 radical (unpaired) electrons. The summed E-state index contributed by atoms with van der Waals surface area (Å²) in [5.74, 6) is 0. The molecule has 0 fully saturated rings. The van der Waals surface area contributed by atoms with Crippen molar-refractivity contribution >= 4 is 32.1 Å². The van der Waals surface area contributed by atoms with Crippen LogP contribution in [0.15, 0.2) is 52.7 Å². The van der Waals surface area contributed by atoms with Gasteiger partial charge in [0, 0.05) is 11.1 Å². The van der Waals surface area contributed by atoms with Crippen molar-refractivity contribution in [3.05, 3.63) is 58.5 Å². The second-order valence-electron chi connectivity index (χ2n) is 4.72. The van der Waals surface area contributed by atoms with Crippen LogP contribution in [-0.4, -0.2) is 13.4 Å². The highest BCUT2D eigenvalue weighted by Crippen LogP contribution is 2.19. The van der Waals surface area contributed by atoms with Crippen molar-refractivity contribution in [3.8, 4) is 0 Å². The Kier molecular flexibility index (Phi) is 3.75. The van der Waals surface area contributed by atoms with Gasteiger partial charge in [0.25, 0.3) is 0 Å². The number of benzene rings is 2. The van der Waals surface area contributed by atoms with E-state index in [0.29, 0.717) is 0 Å². The number of thiazole rings is 1. The Hall–Kier alpha value is -1.76. The van der Waals surface area contributed by atoms with Crippen molar-refractivity contribution in [2.24, 2.45) is 0 Å². The quantitative estimate of drug-likeness (QED) is 0.804. The Labute approximate surface area is 127 Å². The van der Waals surface area contributed by atoms with Crippen LogP contribution in [-0.2, 0) is 16.6 Å². The van der Waals surface area contributed by atoms with E-state index < -0.39 is 10.0 Å². The van der Waals surface area contributed by atoms with Crippen LogP contribution >= 0.6 is 11.3 Å². The van der Waals surface area contributed by atoms with Gasteiger partial charge in [0.05, 0.1) is 11.4 Å². The first-order valence-corrected chi connectivity index (χ1v) is 8.80. The Bertz CT molecular complexity index is 885. The van der Waals surface area contributed by atoms with Gasteiger partial charge in [-0.25, -0.2) is 18.1 Å². The Morgan fingerprint density at radius 3 is 2.62 bits per heavy atom. The molecule has 1 N–H and O–H groups in total. The molecule has 3 aromatic rings. The van der Waals surface area contributed by atoms with Gasteiger partial charge in [0.1, 0.15) is 5.01 Å². The fraction of sp³-hybridized carbons (Fsp3) is 0.133. The normalized spacial score (nSPS) is 11.9. The van der Waals surface area contributed by atoms with Crippen molar-refractivity contribution < 1.29 is 8.42 Å². The predicted octanol–water partition coefficient (Wildman–Crippen LogP) is 3.08. The molecule has 108 valence electrons. The fourth-order valence-corrected chi connectivity index (χ4v) is 3.88. The third-order valence-corrected chi connectivity index (χ3v) is 5.48. The molecule has 0 unspecified atom stereocenters. The van der Waals surface area contributed by atoms with Crippen LogP contribution in [0.25, 0.3) is 10.8 Å². The molecule has 1 heterocycles. The van der Waals surface area contributed by atoms with E-state index >= 15 is 0 Å². The molecule has 2 aromatic carbocycles. The topological polar surface area (TPSA) is 59.1 Å². The van der Waals surface area contributed by atoms with Gasteiger partial charge in [0.15, 0.2) is 0 Å². The summed E-state index contributed by atoms with van der Waals surface area (Å²) in [4.78, 5) is 4.52. The molecule has 0 aliphatic heterocycles. The minimum absolute atomic E-state index is 0.216. The van der Waals surface area contributed by atoms with E-state index in [0.717, 1.165) is 21.5 Å². The van der Waals surface area contributed by atoms with E-state index in [1.807, 2.05) is 42.6 Å². The molecule has 21 heavy (non-hydrogen) atoms. The van der Waals surface area contributed by atoms with Crippen LogP contribution in [0, 0.1) is 6.92 Å². The zero-order valence-corrected chi connectivity index (χ0v) is 13.0. The highest BCUT2D eigenvalue weighted by atomic mass is 32.2. The van der Waals surface area contributed by atoms with E-state index in [2.05, 4.69) is 9.71 Å². The molecule has 0 atom stereocenters. The molecule has 0 amide bonds. The van der Waals surface area contributed by atoms with Crippen molar-refractivity contribution in [2.75, 3.05) is 0 Å². The lowest BCUT2D eigenvalue weighted by Gasteiger charge is -2.06. The molecular formula is C15H14N2O2S2. The lowest BCUT2D eigenvalue weighted by atomic mass is 10.1. The third-order valence-electron chi connectivity index (χ3n) is 3.11. The van der Waals surface area contributed by atoms with Crippen LogP contribution in [0.2, 0.25) is 0 Å². The van der Waals surface area contributed by atoms with E-state index in [-0.39, 0.29) is 11.4 Å². The minimum Gasteiger partial charge on any atom is -0.245 e. The summed E-state index contributed by atoms with van der Waals surface area (Å²) in [6.45, 7) is 2.10. The number of nitrogens with zero attached hydrogens (tertiary/aromatic N) is 1. The van der Waals surface area contributed by atoms with Crippen LogP contribution in [0.5, 0.6) is 0 Å². The summed E-state index contributed by atoms with van der Waals surface area (Å²) < 4.78 is 27.2. The summed E-state index contributed by atoms with van der Waals surface area (Å²) in [5, 5.41) is 4.59. The van der Waals surface area contributed by atoms with Crippen LogP contribution in [0.4, 0.5) is 0 Å². The Balaban J connectivity index is 1.85. The Morgan fingerprint density at radius 1 is 1.14 bits per heavy atom. The largest absolute Gasteiger partial charge is 0.245 e. The second kappa shape index (κ2) is 5.55. The van der Waals surface area contributed by atoms with Gasteiger partial charge in [0.2, 0.25) is 10.0 Å². The fourth-order valence-electron chi connectivity index (χ4n) is 2.06. The molecule has 1 aromatic heterocycles. The van der Waals surface area contributed by atoms with Crippen molar-refractivity contribution in [1.82, 2.24) is 9.71 Å². The molecule has 0 bridgehead atoms. The summed E-state index contributed by atoms with van der Waals surface area (Å²) in [7, 11) is -3.52. The first-order valence-electron chi connectivity index (χ1n) is 6.44. The molecule has 0 saturated heterocycles. The smallest absolute Gasteiger partial charge is 0.240 e. The second-order valence-corrected chi connectivity index (χ2v) is 7.43. The molecule has 3 rings (SSSR count). The van der Waals surface area contributed by atoms with E-state index in [1.165, 1.54) is 11.3 Å². The van der Waals surface area contributed by atoms with Gasteiger partial charge < -0.3 is 0 Å². The zero-order chi connectivity index (χ0) is 14.9. The van der Waals surface area contributed by atoms with Gasteiger partial charge in [-0.1, -0.05) is 30.3 Å². The SMILES string of the molecule is Cc1csc(CNS(=O)(=O)c2ccc3ccccc3c2)n1. The first kappa shape index (κ1) is 14.2. The van der Waals surface area contributed by atoms with Gasteiger partial charge in [-0.3, -0.25) is 0 Å². The predicted molar refractivity (Wildman–Crippen MR) is 84.8 cm³/mol. The molecular weight excluding hydrogens is 304 g/mol. The lowest BCUT2D eigenvalue weighted by molar-refractivity contribution is 0.581. The van der Waals surface area contributed by atoms with Crippen LogP contribution in [0.1, 0.15) is 10.7 Å². The Morgan fingerprint density at radius 2 is 1.90 bits per heavy atom. The summed E-state index contributed by atoms with van der Waals surface area (Å²) >= 11 is 1.45. The number of rotatable bonds is 4. The van der Waals surface area contributed by atoms with Crippen LogP contribution in [0.3, 0.4) is 0 Å². The van der Waals surface area contributed by atoms with Crippen molar-refractivity contribution in [1.29, 1.82) is 0 Å². The number of aromatic nitrogens is 1. The average molecular weight is 318 g/mol. The van der Waals surface area contributed by atoms with Crippen LogP contribution < -0.4 is 4.72 Å². The standard InChI is InChI=1S/C15H14N2O2S2/c1-11-10-20-15(17-11)9-16-21(18,19)14-7-6-12-4-2-3-5-13(12)8-14/h2-8,10,16H,9H2,1H3. The van der Waals surface area contributed by atoms with Crippen molar-refractivity contribution in [2.45, 2.75) is 18.4 Å². The number of sulfonamides is 1. The highest BCUT2D eigenvalue weighted by Gasteiger charge is 2.14. The lowest BCUT2D eigenvalue weighted by Crippen LogP contribution is -2.23. The molecule has 0 saturated carbocycles. The number of hydrogen-bond donors (Lipinski definition) is 1. The van der Waals surface area contributed by atoms with Gasteiger partial charge in [-0.15, -0.1) is 11.3 Å². The highest BCUT2D eigenvalue weighted by molar-refractivity contribution is 7.89. The number of nitrogens with one attached hydrogen (secondary N) is 1. The summed E-state index contributed by atoms with van der Waals surface area (Å²) in [5.41, 5.74) is 0.903. The monoisotopic (exact) mass is 318 g/mol. The molecule has 0 aliphatic carbocycles. The minimum atomic E-state index is -3.52. The summed E-state index contributed by atoms with van der Waals surface area (Å²) in [6, 6.07) is 12.8. The molecule has 0 aliphatic rings. The van der Waals surface area contributed by atoms with E-state index in [1.54, 1.807) is 12.1 Å². The van der Waals surface area contributed by atoms with Crippen molar-refractivity contribution in [3.63, 3.8) is 0 Å². The third kappa shape index (κ3) is 3.12. The molecule has 6 heteroatoms. The number of hydrogen-bond acceptors (Lipinski definition) is 4. The maximum atomic E-state index is 12.3. The summed E-state index contributed by atoms with van der Waals surface area (Å²) in [6.07, 6.45) is 0. The molecule has 0 spiro atoms. The molecule has 4 nitrogen and oxygen atoms in total. The zero-order valence-electron chi connectivity index (χ0n) is 11.4. The average Bonchev–Trinajstić information content (AvgIpc) is 2.90. The van der Waals surface area contributed by atoms with Gasteiger partial charge in [-0.05, 0) is 29.8 Å². The first-order chi connectivity index (χ1) is 10.0. The van der Waals surface area contributed by atoms with E-state index in [4.69, 9.17) is 0 Å². The van der Waals surface area contributed by atoms with Gasteiger partial charge in [-0.2, -0.15) is 0 Å². The van der Waals surface area contributed by atoms with Gasteiger partial charge >= 0.3 is 0 Å². The number of fused-ring (bicyclic) bond motifs is 1. The number of aryl methyl sites for hydroxylation is 1. The maximum absolute atomic E-state index is 12.3. The maximum Gasteiger partial charge on any atom is 0.240 e. The van der Waals surface area contributed by atoms with E-state index in [9.17, 15) is 8.42 Å².